The number of benzene rings is 3. The Bertz CT molecular complexity index is 862. The Labute approximate surface area is 148 Å². The number of fused-ring (bicyclic) bond motifs is 1. The summed E-state index contributed by atoms with van der Waals surface area (Å²) < 4.78 is 5.26. The average molecular weight is 334 g/mol. The zero-order chi connectivity index (χ0) is 17.6. The fourth-order valence-corrected chi connectivity index (χ4v) is 2.83. The van der Waals surface area contributed by atoms with Gasteiger partial charge in [0.2, 0.25) is 5.91 Å². The smallest absolute Gasteiger partial charge is 0.238 e. The highest BCUT2D eigenvalue weighted by atomic mass is 16.5. The summed E-state index contributed by atoms with van der Waals surface area (Å²) in [7, 11) is 3.62. The van der Waals surface area contributed by atoms with Gasteiger partial charge in [0.25, 0.3) is 0 Å². The quantitative estimate of drug-likeness (QED) is 0.743. The number of anilines is 1. The van der Waals surface area contributed by atoms with Crippen LogP contribution in [-0.2, 0) is 11.3 Å². The lowest BCUT2D eigenvalue weighted by Crippen LogP contribution is -2.29. The van der Waals surface area contributed by atoms with Crippen LogP contribution in [0, 0.1) is 0 Å². The van der Waals surface area contributed by atoms with Gasteiger partial charge in [-0.05, 0) is 53.7 Å². The highest BCUT2D eigenvalue weighted by Gasteiger charge is 2.08. The average Bonchev–Trinajstić information content (AvgIpc) is 2.61. The first kappa shape index (κ1) is 17.0. The van der Waals surface area contributed by atoms with E-state index in [1.54, 1.807) is 7.11 Å². The van der Waals surface area contributed by atoms with Crippen LogP contribution in [0.25, 0.3) is 10.8 Å². The fourth-order valence-electron chi connectivity index (χ4n) is 2.83. The minimum atomic E-state index is -0.0146. The second-order valence-electron chi connectivity index (χ2n) is 6.13. The van der Waals surface area contributed by atoms with Crippen molar-refractivity contribution in [2.24, 2.45) is 0 Å². The van der Waals surface area contributed by atoms with Crippen LogP contribution in [0.1, 0.15) is 5.56 Å². The highest BCUT2D eigenvalue weighted by Crippen LogP contribution is 2.22. The van der Waals surface area contributed by atoms with Gasteiger partial charge in [-0.1, -0.05) is 36.4 Å². The number of ether oxygens (including phenoxy) is 1. The molecule has 4 nitrogen and oxygen atoms in total. The number of rotatable bonds is 6. The molecule has 0 aliphatic heterocycles. The summed E-state index contributed by atoms with van der Waals surface area (Å²) in [4.78, 5) is 14.1. The number of amides is 1. The molecule has 0 spiro atoms. The second kappa shape index (κ2) is 7.81. The van der Waals surface area contributed by atoms with Crippen LogP contribution in [0.5, 0.6) is 5.75 Å². The van der Waals surface area contributed by atoms with Gasteiger partial charge in [-0.3, -0.25) is 9.69 Å². The van der Waals surface area contributed by atoms with E-state index in [-0.39, 0.29) is 5.91 Å². The molecule has 1 N–H and O–H groups in total. The molecule has 0 fully saturated rings. The van der Waals surface area contributed by atoms with Crippen LogP contribution < -0.4 is 10.1 Å². The first-order valence-electron chi connectivity index (χ1n) is 8.24. The van der Waals surface area contributed by atoms with Crippen molar-refractivity contribution in [2.75, 3.05) is 26.0 Å². The van der Waals surface area contributed by atoms with E-state index < -0.39 is 0 Å². The molecule has 1 amide bonds. The molecule has 3 aromatic rings. The lowest BCUT2D eigenvalue weighted by Gasteiger charge is -2.17. The monoisotopic (exact) mass is 334 g/mol. The molecule has 0 aromatic heterocycles. The Morgan fingerprint density at radius 3 is 2.48 bits per heavy atom. The molecule has 0 aliphatic rings. The summed E-state index contributed by atoms with van der Waals surface area (Å²) in [6.45, 7) is 1.06. The van der Waals surface area contributed by atoms with Crippen molar-refractivity contribution in [1.29, 1.82) is 0 Å². The summed E-state index contributed by atoms with van der Waals surface area (Å²) in [5, 5.41) is 5.22. The van der Waals surface area contributed by atoms with Crippen molar-refractivity contribution in [3.63, 3.8) is 0 Å². The van der Waals surface area contributed by atoms with Gasteiger partial charge >= 0.3 is 0 Å². The molecule has 0 bridgehead atoms. The maximum Gasteiger partial charge on any atom is 0.238 e. The molecule has 0 unspecified atom stereocenters. The minimum absolute atomic E-state index is 0.0146. The molecule has 128 valence electrons. The van der Waals surface area contributed by atoms with E-state index in [0.29, 0.717) is 13.1 Å². The normalized spacial score (nSPS) is 10.8. The summed E-state index contributed by atoms with van der Waals surface area (Å²) >= 11 is 0. The molecule has 0 saturated heterocycles. The largest absolute Gasteiger partial charge is 0.497 e. The summed E-state index contributed by atoms with van der Waals surface area (Å²) in [5.74, 6) is 0.842. The predicted octanol–water partition coefficient (Wildman–Crippen LogP) is 3.92. The van der Waals surface area contributed by atoms with Crippen molar-refractivity contribution < 1.29 is 9.53 Å². The number of carbonyl (C=O) groups excluding carboxylic acids is 1. The third kappa shape index (κ3) is 4.58. The number of nitrogens with one attached hydrogen (secondary N) is 1. The van der Waals surface area contributed by atoms with E-state index >= 15 is 0 Å². The maximum atomic E-state index is 12.1. The van der Waals surface area contributed by atoms with Gasteiger partial charge in [-0.2, -0.15) is 0 Å². The van der Waals surface area contributed by atoms with Crippen molar-refractivity contribution in [2.45, 2.75) is 6.54 Å². The molecule has 3 aromatic carbocycles. The number of methoxy groups -OCH3 is 1. The van der Waals surface area contributed by atoms with Crippen LogP contribution >= 0.6 is 0 Å². The minimum Gasteiger partial charge on any atom is -0.497 e. The van der Waals surface area contributed by atoms with E-state index in [4.69, 9.17) is 4.74 Å². The van der Waals surface area contributed by atoms with Crippen LogP contribution in [0.3, 0.4) is 0 Å². The number of nitrogens with zero attached hydrogens (tertiary/aromatic N) is 1. The van der Waals surface area contributed by atoms with Crippen LogP contribution in [0.4, 0.5) is 5.69 Å². The number of carbonyl (C=O) groups is 1. The van der Waals surface area contributed by atoms with Gasteiger partial charge in [0.1, 0.15) is 5.75 Å². The van der Waals surface area contributed by atoms with Gasteiger partial charge in [0.15, 0.2) is 0 Å². The zero-order valence-electron chi connectivity index (χ0n) is 14.5. The van der Waals surface area contributed by atoms with Crippen LogP contribution in [0.15, 0.2) is 66.7 Å². The lowest BCUT2D eigenvalue weighted by molar-refractivity contribution is -0.117. The van der Waals surface area contributed by atoms with Crippen LogP contribution in [0.2, 0.25) is 0 Å². The van der Waals surface area contributed by atoms with Crippen molar-refractivity contribution in [1.82, 2.24) is 4.90 Å². The molecule has 4 heteroatoms. The van der Waals surface area contributed by atoms with Gasteiger partial charge in [0, 0.05) is 12.2 Å². The zero-order valence-corrected chi connectivity index (χ0v) is 14.5. The molecular formula is C21H22N2O2. The third-order valence-corrected chi connectivity index (χ3v) is 4.04. The van der Waals surface area contributed by atoms with Crippen molar-refractivity contribution >= 4 is 22.4 Å². The third-order valence-electron chi connectivity index (χ3n) is 4.04. The molecule has 3 rings (SSSR count). The number of para-hydroxylation sites is 1. The Morgan fingerprint density at radius 2 is 1.72 bits per heavy atom. The maximum absolute atomic E-state index is 12.1. The van der Waals surface area contributed by atoms with E-state index in [1.807, 2.05) is 54.4 Å². The van der Waals surface area contributed by atoms with Gasteiger partial charge in [-0.15, -0.1) is 0 Å². The Morgan fingerprint density at radius 1 is 1.00 bits per heavy atom. The SMILES string of the molecule is COc1ccc2cc(CN(C)CC(=O)Nc3ccccc3)ccc2c1. The number of hydrogen-bond acceptors (Lipinski definition) is 3. The standard InChI is InChI=1S/C21H22N2O2/c1-23(15-21(24)22-19-6-4-3-5-7-19)14-16-8-9-18-13-20(25-2)11-10-17(18)12-16/h3-13H,14-15H2,1-2H3,(H,22,24). The first-order chi connectivity index (χ1) is 12.1. The molecule has 0 atom stereocenters. The lowest BCUT2D eigenvalue weighted by atomic mass is 10.1. The van der Waals surface area contributed by atoms with Gasteiger partial charge in [0.05, 0.1) is 13.7 Å². The van der Waals surface area contributed by atoms with Crippen LogP contribution in [-0.4, -0.2) is 31.5 Å². The number of hydrogen-bond donors (Lipinski definition) is 1. The van der Waals surface area contributed by atoms with Crippen molar-refractivity contribution in [3.05, 3.63) is 72.3 Å². The molecule has 0 aliphatic carbocycles. The Balaban J connectivity index is 1.61. The van der Waals surface area contributed by atoms with Gasteiger partial charge in [-0.25, -0.2) is 0 Å². The van der Waals surface area contributed by atoms with Gasteiger partial charge < -0.3 is 10.1 Å². The Hall–Kier alpha value is -2.85. The predicted molar refractivity (Wildman–Crippen MR) is 102 cm³/mol. The molecule has 0 heterocycles. The highest BCUT2D eigenvalue weighted by molar-refractivity contribution is 5.92. The molecular weight excluding hydrogens is 312 g/mol. The fraction of sp³-hybridized carbons (Fsp3) is 0.190. The topological polar surface area (TPSA) is 41.6 Å². The number of likely N-dealkylation sites (N-methyl/N-ethyl adjacent to an activating group) is 1. The van der Waals surface area contributed by atoms with E-state index in [1.165, 1.54) is 10.9 Å². The van der Waals surface area contributed by atoms with E-state index in [0.717, 1.165) is 16.8 Å². The van der Waals surface area contributed by atoms with E-state index in [9.17, 15) is 4.79 Å². The summed E-state index contributed by atoms with van der Waals surface area (Å²) in [6, 6.07) is 21.9. The first-order valence-corrected chi connectivity index (χ1v) is 8.24. The summed E-state index contributed by atoms with van der Waals surface area (Å²) in [5.41, 5.74) is 1.99. The second-order valence-corrected chi connectivity index (χ2v) is 6.13. The molecule has 0 radical (unpaired) electrons. The Kier molecular flexibility index (Phi) is 5.31. The summed E-state index contributed by atoms with van der Waals surface area (Å²) in [6.07, 6.45) is 0. The molecule has 0 saturated carbocycles. The van der Waals surface area contributed by atoms with Crippen molar-refractivity contribution in [3.8, 4) is 5.75 Å². The van der Waals surface area contributed by atoms with E-state index in [2.05, 4.69) is 29.6 Å². The molecule has 25 heavy (non-hydrogen) atoms.